The van der Waals surface area contributed by atoms with E-state index in [1.807, 2.05) is 0 Å². The average molecular weight is 299 g/mol. The Labute approximate surface area is 122 Å². The van der Waals surface area contributed by atoms with E-state index in [4.69, 9.17) is 0 Å². The van der Waals surface area contributed by atoms with Crippen molar-refractivity contribution in [3.63, 3.8) is 0 Å². The van der Waals surface area contributed by atoms with Crippen LogP contribution in [0.2, 0.25) is 0 Å². The third-order valence-corrected chi connectivity index (χ3v) is 3.98. The van der Waals surface area contributed by atoms with Gasteiger partial charge >= 0.3 is 6.18 Å². The Balaban J connectivity index is 1.84. The molecule has 0 spiro atoms. The molecular weight excluding hydrogens is 279 g/mol. The van der Waals surface area contributed by atoms with Gasteiger partial charge in [0.05, 0.1) is 5.56 Å². The van der Waals surface area contributed by atoms with Crippen LogP contribution in [-0.2, 0) is 11.0 Å². The summed E-state index contributed by atoms with van der Waals surface area (Å²) in [4.78, 5) is 11.8. The Bertz CT molecular complexity index is 479. The highest BCUT2D eigenvalue weighted by Crippen LogP contribution is 2.31. The van der Waals surface area contributed by atoms with Crippen LogP contribution in [0.4, 0.5) is 18.9 Å². The van der Waals surface area contributed by atoms with E-state index in [0.29, 0.717) is 12.3 Å². The molecule has 0 saturated heterocycles. The molecule has 2 rings (SSSR count). The SMILES string of the molecule is O=C(CCC1CCCCC1)Nc1cccc(C(F)(F)F)c1. The van der Waals surface area contributed by atoms with Crippen molar-refractivity contribution in [3.8, 4) is 0 Å². The Kier molecular flexibility index (Phi) is 5.26. The van der Waals surface area contributed by atoms with Crippen LogP contribution in [0.15, 0.2) is 24.3 Å². The molecule has 1 aliphatic carbocycles. The van der Waals surface area contributed by atoms with Crippen molar-refractivity contribution in [1.82, 2.24) is 0 Å². The molecule has 0 atom stereocenters. The summed E-state index contributed by atoms with van der Waals surface area (Å²) in [5.74, 6) is 0.380. The quantitative estimate of drug-likeness (QED) is 0.832. The third kappa shape index (κ3) is 5.06. The summed E-state index contributed by atoms with van der Waals surface area (Å²) in [5.41, 5.74) is -0.536. The Morgan fingerprint density at radius 3 is 2.57 bits per heavy atom. The van der Waals surface area contributed by atoms with Crippen molar-refractivity contribution in [2.45, 2.75) is 51.1 Å². The lowest BCUT2D eigenvalue weighted by Gasteiger charge is -2.21. The van der Waals surface area contributed by atoms with E-state index in [1.54, 1.807) is 0 Å². The van der Waals surface area contributed by atoms with Crippen LogP contribution in [-0.4, -0.2) is 5.91 Å². The highest BCUT2D eigenvalue weighted by molar-refractivity contribution is 5.90. The minimum absolute atomic E-state index is 0.207. The molecule has 5 heteroatoms. The van der Waals surface area contributed by atoms with E-state index < -0.39 is 11.7 Å². The lowest BCUT2D eigenvalue weighted by molar-refractivity contribution is -0.137. The molecule has 0 aliphatic heterocycles. The summed E-state index contributed by atoms with van der Waals surface area (Å²) < 4.78 is 37.8. The summed E-state index contributed by atoms with van der Waals surface area (Å²) in [6.45, 7) is 0. The highest BCUT2D eigenvalue weighted by atomic mass is 19.4. The molecule has 0 unspecified atom stereocenters. The molecule has 0 heterocycles. The number of rotatable bonds is 4. The fourth-order valence-corrected chi connectivity index (χ4v) is 2.81. The van der Waals surface area contributed by atoms with Crippen molar-refractivity contribution < 1.29 is 18.0 Å². The van der Waals surface area contributed by atoms with Crippen LogP contribution < -0.4 is 5.32 Å². The Morgan fingerprint density at radius 2 is 1.90 bits per heavy atom. The van der Waals surface area contributed by atoms with E-state index in [9.17, 15) is 18.0 Å². The fourth-order valence-electron chi connectivity index (χ4n) is 2.81. The van der Waals surface area contributed by atoms with Crippen molar-refractivity contribution in [1.29, 1.82) is 0 Å². The normalized spacial score (nSPS) is 16.7. The number of alkyl halides is 3. The fraction of sp³-hybridized carbons (Fsp3) is 0.562. The molecule has 21 heavy (non-hydrogen) atoms. The number of hydrogen-bond donors (Lipinski definition) is 1. The number of amides is 1. The molecule has 1 N–H and O–H groups in total. The van der Waals surface area contributed by atoms with Crippen molar-refractivity contribution in [2.24, 2.45) is 5.92 Å². The number of anilines is 1. The molecule has 1 aromatic rings. The molecule has 0 radical (unpaired) electrons. The smallest absolute Gasteiger partial charge is 0.326 e. The molecule has 1 saturated carbocycles. The first kappa shape index (κ1) is 15.9. The van der Waals surface area contributed by atoms with E-state index in [-0.39, 0.29) is 11.6 Å². The number of halogens is 3. The lowest BCUT2D eigenvalue weighted by atomic mass is 9.86. The molecule has 1 aliphatic rings. The van der Waals surface area contributed by atoms with Gasteiger partial charge in [-0.3, -0.25) is 4.79 Å². The predicted molar refractivity (Wildman–Crippen MR) is 75.9 cm³/mol. The van der Waals surface area contributed by atoms with E-state index >= 15 is 0 Å². The van der Waals surface area contributed by atoms with Crippen LogP contribution in [0, 0.1) is 5.92 Å². The van der Waals surface area contributed by atoms with Crippen LogP contribution >= 0.6 is 0 Å². The predicted octanol–water partition coefficient (Wildman–Crippen LogP) is 5.00. The molecule has 1 aromatic carbocycles. The van der Waals surface area contributed by atoms with Crippen LogP contribution in [0.25, 0.3) is 0 Å². The maximum Gasteiger partial charge on any atom is 0.416 e. The van der Waals surface area contributed by atoms with Crippen LogP contribution in [0.5, 0.6) is 0 Å². The molecular formula is C16H20F3NO. The van der Waals surface area contributed by atoms with Gasteiger partial charge in [0.1, 0.15) is 0 Å². The summed E-state index contributed by atoms with van der Waals surface area (Å²) in [6, 6.07) is 4.75. The van der Waals surface area contributed by atoms with Gasteiger partial charge in [-0.2, -0.15) is 13.2 Å². The maximum absolute atomic E-state index is 12.6. The van der Waals surface area contributed by atoms with Crippen LogP contribution in [0.3, 0.4) is 0 Å². The maximum atomic E-state index is 12.6. The first-order valence-corrected chi connectivity index (χ1v) is 7.42. The first-order valence-electron chi connectivity index (χ1n) is 7.42. The van der Waals surface area contributed by atoms with E-state index in [1.165, 1.54) is 31.4 Å². The Hall–Kier alpha value is -1.52. The summed E-state index contributed by atoms with van der Waals surface area (Å²) >= 11 is 0. The minimum Gasteiger partial charge on any atom is -0.326 e. The van der Waals surface area contributed by atoms with Crippen molar-refractivity contribution in [3.05, 3.63) is 29.8 Å². The van der Waals surface area contributed by atoms with Gasteiger partial charge in [0, 0.05) is 12.1 Å². The van der Waals surface area contributed by atoms with Crippen LogP contribution in [0.1, 0.15) is 50.5 Å². The van der Waals surface area contributed by atoms with Gasteiger partial charge < -0.3 is 5.32 Å². The highest BCUT2D eigenvalue weighted by Gasteiger charge is 2.30. The largest absolute Gasteiger partial charge is 0.416 e. The van der Waals surface area contributed by atoms with Gasteiger partial charge in [0.15, 0.2) is 0 Å². The van der Waals surface area contributed by atoms with E-state index in [2.05, 4.69) is 5.32 Å². The number of nitrogens with one attached hydrogen (secondary N) is 1. The molecule has 116 valence electrons. The second-order valence-corrected chi connectivity index (χ2v) is 5.67. The van der Waals surface area contributed by atoms with E-state index in [0.717, 1.165) is 31.4 Å². The Morgan fingerprint density at radius 1 is 1.19 bits per heavy atom. The van der Waals surface area contributed by atoms with Crippen molar-refractivity contribution >= 4 is 11.6 Å². The first-order chi connectivity index (χ1) is 9.95. The zero-order chi connectivity index (χ0) is 15.3. The second kappa shape index (κ2) is 6.96. The van der Waals surface area contributed by atoms with Gasteiger partial charge in [-0.25, -0.2) is 0 Å². The monoisotopic (exact) mass is 299 g/mol. The zero-order valence-electron chi connectivity index (χ0n) is 11.9. The summed E-state index contributed by atoms with van der Waals surface area (Å²) in [5, 5.41) is 2.56. The van der Waals surface area contributed by atoms with Crippen molar-refractivity contribution in [2.75, 3.05) is 5.32 Å². The molecule has 0 bridgehead atoms. The molecule has 1 amide bonds. The van der Waals surface area contributed by atoms with Gasteiger partial charge in [-0.15, -0.1) is 0 Å². The zero-order valence-corrected chi connectivity index (χ0v) is 11.9. The van der Waals surface area contributed by atoms with Gasteiger partial charge in [0.2, 0.25) is 5.91 Å². The number of carbonyl (C=O) groups excluding carboxylic acids is 1. The minimum atomic E-state index is -4.39. The second-order valence-electron chi connectivity index (χ2n) is 5.67. The number of hydrogen-bond acceptors (Lipinski definition) is 1. The van der Waals surface area contributed by atoms with Gasteiger partial charge in [0.25, 0.3) is 0 Å². The number of carbonyl (C=O) groups is 1. The lowest BCUT2D eigenvalue weighted by Crippen LogP contribution is -2.15. The van der Waals surface area contributed by atoms with Gasteiger partial charge in [-0.1, -0.05) is 38.2 Å². The topological polar surface area (TPSA) is 29.1 Å². The molecule has 1 fully saturated rings. The summed E-state index contributed by atoms with van der Waals surface area (Å²) in [6.07, 6.45) is 2.86. The molecule has 2 nitrogen and oxygen atoms in total. The number of benzene rings is 1. The van der Waals surface area contributed by atoms with Gasteiger partial charge in [-0.05, 0) is 30.5 Å². The standard InChI is InChI=1S/C16H20F3NO/c17-16(18,19)13-7-4-8-14(11-13)20-15(21)10-9-12-5-2-1-3-6-12/h4,7-8,11-12H,1-3,5-6,9-10H2,(H,20,21). The third-order valence-electron chi connectivity index (χ3n) is 3.98. The summed E-state index contributed by atoms with van der Waals surface area (Å²) in [7, 11) is 0. The molecule has 0 aromatic heterocycles. The average Bonchev–Trinajstić information content (AvgIpc) is 2.46.